The normalized spacial score (nSPS) is 12.0. The predicted molar refractivity (Wildman–Crippen MR) is 330 cm³/mol. The van der Waals surface area contributed by atoms with Crippen molar-refractivity contribution in [2.45, 2.75) is 406 Å². The van der Waals surface area contributed by atoms with Crippen molar-refractivity contribution in [3.05, 3.63) is 12.2 Å². The van der Waals surface area contributed by atoms with E-state index in [0.29, 0.717) is 19.3 Å². The Labute approximate surface area is 475 Å². The van der Waals surface area contributed by atoms with E-state index >= 15 is 0 Å². The van der Waals surface area contributed by atoms with Crippen LogP contribution in [0.3, 0.4) is 0 Å². The third-order valence-electron chi connectivity index (χ3n) is 16.0. The average Bonchev–Trinajstić information content (AvgIpc) is 3.42. The number of allylic oxidation sites excluding steroid dienone is 2. The van der Waals surface area contributed by atoms with E-state index in [4.69, 9.17) is 14.2 Å². The summed E-state index contributed by atoms with van der Waals surface area (Å²) in [4.78, 5) is 38.2. The molecule has 0 fully saturated rings. The van der Waals surface area contributed by atoms with Crippen molar-refractivity contribution < 1.29 is 28.6 Å². The first-order valence-electron chi connectivity index (χ1n) is 34.7. The van der Waals surface area contributed by atoms with Crippen LogP contribution in [-0.2, 0) is 28.6 Å². The van der Waals surface area contributed by atoms with Gasteiger partial charge in [0.05, 0.1) is 0 Å². The Hall–Kier alpha value is -1.85. The van der Waals surface area contributed by atoms with Crippen molar-refractivity contribution in [2.24, 2.45) is 0 Å². The quantitative estimate of drug-likeness (QED) is 0.0261. The second-order valence-electron chi connectivity index (χ2n) is 23.8. The van der Waals surface area contributed by atoms with E-state index in [0.717, 1.165) is 64.2 Å². The molecule has 0 saturated carbocycles. The Morgan fingerprint density at radius 2 is 0.447 bits per heavy atom. The van der Waals surface area contributed by atoms with Crippen LogP contribution >= 0.6 is 0 Å². The van der Waals surface area contributed by atoms with E-state index in [-0.39, 0.29) is 31.1 Å². The molecule has 6 heteroatoms. The molecule has 0 radical (unpaired) electrons. The van der Waals surface area contributed by atoms with Gasteiger partial charge in [-0.05, 0) is 38.5 Å². The Balaban J connectivity index is 4.02. The summed E-state index contributed by atoms with van der Waals surface area (Å²) < 4.78 is 16.9. The molecule has 1 unspecified atom stereocenters. The maximum atomic E-state index is 12.9. The molecule has 0 aliphatic heterocycles. The standard InChI is InChI=1S/C70H134O6/c1-4-7-10-13-16-19-22-24-26-27-28-29-30-31-32-33-34-35-36-37-38-39-40-41-42-44-45-48-51-54-57-60-63-69(72)75-66-67(65-74-68(71)62-59-56-53-50-47-21-18-15-12-9-6-3)76-70(73)64-61-58-55-52-49-46-43-25-23-20-17-14-11-8-5-2/h15,18,67H,4-14,16-17,19-66H2,1-3H3/b18-15-. The SMILES string of the molecule is CCCC/C=C\CCCCCCCC(=O)OCC(COC(=O)CCCCCCCCCCCCCCCCCCCCCCCCCCCCCCCCCC)OC(=O)CCCCCCCCCCCCCCCCC. The first kappa shape index (κ1) is 74.2. The maximum absolute atomic E-state index is 12.9. The minimum Gasteiger partial charge on any atom is -0.462 e. The van der Waals surface area contributed by atoms with Gasteiger partial charge in [-0.25, -0.2) is 0 Å². The largest absolute Gasteiger partial charge is 0.462 e. The summed E-state index contributed by atoms with van der Waals surface area (Å²) in [6.45, 7) is 6.67. The molecule has 6 nitrogen and oxygen atoms in total. The van der Waals surface area contributed by atoms with Gasteiger partial charge in [0.25, 0.3) is 0 Å². The molecule has 0 spiro atoms. The molecule has 0 amide bonds. The Morgan fingerprint density at radius 3 is 0.697 bits per heavy atom. The van der Waals surface area contributed by atoms with Crippen molar-refractivity contribution in [1.29, 1.82) is 0 Å². The van der Waals surface area contributed by atoms with E-state index in [1.807, 2.05) is 0 Å². The summed E-state index contributed by atoms with van der Waals surface area (Å²) in [6, 6.07) is 0. The van der Waals surface area contributed by atoms with Crippen LogP contribution in [0.15, 0.2) is 12.2 Å². The van der Waals surface area contributed by atoms with Crippen molar-refractivity contribution in [1.82, 2.24) is 0 Å². The summed E-state index contributed by atoms with van der Waals surface area (Å²) in [5.74, 6) is -0.847. The van der Waals surface area contributed by atoms with Gasteiger partial charge in [-0.3, -0.25) is 14.4 Å². The summed E-state index contributed by atoms with van der Waals surface area (Å²) >= 11 is 0. The highest BCUT2D eigenvalue weighted by Crippen LogP contribution is 2.19. The van der Waals surface area contributed by atoms with Crippen LogP contribution in [0.25, 0.3) is 0 Å². The number of carbonyl (C=O) groups is 3. The zero-order valence-electron chi connectivity index (χ0n) is 51.8. The zero-order valence-corrected chi connectivity index (χ0v) is 51.8. The summed E-state index contributed by atoms with van der Waals surface area (Å²) in [5, 5.41) is 0. The van der Waals surface area contributed by atoms with Crippen LogP contribution in [0.5, 0.6) is 0 Å². The summed E-state index contributed by atoms with van der Waals surface area (Å²) in [7, 11) is 0. The van der Waals surface area contributed by atoms with E-state index in [1.54, 1.807) is 0 Å². The summed E-state index contributed by atoms with van der Waals surface area (Å²) in [6.07, 6.45) is 78.4. The van der Waals surface area contributed by atoms with Gasteiger partial charge in [0.1, 0.15) is 13.2 Å². The number of rotatable bonds is 65. The highest BCUT2D eigenvalue weighted by molar-refractivity contribution is 5.71. The van der Waals surface area contributed by atoms with Gasteiger partial charge in [0.15, 0.2) is 6.10 Å². The molecule has 0 aliphatic carbocycles. The summed E-state index contributed by atoms with van der Waals surface area (Å²) in [5.41, 5.74) is 0. The second kappa shape index (κ2) is 65.7. The fraction of sp³-hybridized carbons (Fsp3) is 0.929. The van der Waals surface area contributed by atoms with Gasteiger partial charge in [-0.15, -0.1) is 0 Å². The molecule has 1 atom stereocenters. The van der Waals surface area contributed by atoms with Gasteiger partial charge in [-0.1, -0.05) is 354 Å². The molecule has 0 rings (SSSR count). The van der Waals surface area contributed by atoms with Crippen molar-refractivity contribution in [2.75, 3.05) is 13.2 Å². The van der Waals surface area contributed by atoms with Crippen LogP contribution < -0.4 is 0 Å². The molecule has 76 heavy (non-hydrogen) atoms. The van der Waals surface area contributed by atoms with Crippen molar-refractivity contribution in [3.63, 3.8) is 0 Å². The number of hydrogen-bond donors (Lipinski definition) is 0. The van der Waals surface area contributed by atoms with E-state index in [2.05, 4.69) is 32.9 Å². The molecule has 0 aromatic carbocycles. The van der Waals surface area contributed by atoms with Crippen molar-refractivity contribution in [3.8, 4) is 0 Å². The lowest BCUT2D eigenvalue weighted by Crippen LogP contribution is -2.30. The average molecular weight is 1070 g/mol. The molecule has 450 valence electrons. The van der Waals surface area contributed by atoms with Crippen LogP contribution in [0, 0.1) is 0 Å². The molecule has 0 saturated heterocycles. The Bertz CT molecular complexity index is 1180. The van der Waals surface area contributed by atoms with E-state index < -0.39 is 6.10 Å². The third-order valence-corrected chi connectivity index (χ3v) is 16.0. The van der Waals surface area contributed by atoms with Crippen LogP contribution in [0.2, 0.25) is 0 Å². The lowest BCUT2D eigenvalue weighted by atomic mass is 10.0. The van der Waals surface area contributed by atoms with E-state index in [1.165, 1.54) is 295 Å². The maximum Gasteiger partial charge on any atom is 0.306 e. The van der Waals surface area contributed by atoms with E-state index in [9.17, 15) is 14.4 Å². The molecular weight excluding hydrogens is 937 g/mol. The molecule has 0 N–H and O–H groups in total. The topological polar surface area (TPSA) is 78.9 Å². The van der Waals surface area contributed by atoms with Crippen molar-refractivity contribution >= 4 is 17.9 Å². The Morgan fingerprint density at radius 1 is 0.250 bits per heavy atom. The molecule has 0 aromatic heterocycles. The van der Waals surface area contributed by atoms with Crippen LogP contribution in [0.4, 0.5) is 0 Å². The molecule has 0 aliphatic rings. The first-order valence-corrected chi connectivity index (χ1v) is 34.7. The number of esters is 3. The molecular formula is C70H134O6. The minimum atomic E-state index is -0.768. The minimum absolute atomic E-state index is 0.0662. The number of carbonyl (C=O) groups excluding carboxylic acids is 3. The first-order chi connectivity index (χ1) is 37.5. The van der Waals surface area contributed by atoms with Crippen LogP contribution in [0.1, 0.15) is 400 Å². The molecule has 0 aromatic rings. The fourth-order valence-electron chi connectivity index (χ4n) is 10.8. The van der Waals surface area contributed by atoms with Gasteiger partial charge in [0.2, 0.25) is 0 Å². The predicted octanol–water partition coefficient (Wildman–Crippen LogP) is 23.6. The van der Waals surface area contributed by atoms with Crippen LogP contribution in [-0.4, -0.2) is 37.2 Å². The third kappa shape index (κ3) is 63.0. The zero-order chi connectivity index (χ0) is 55.0. The highest BCUT2D eigenvalue weighted by atomic mass is 16.6. The second-order valence-corrected chi connectivity index (χ2v) is 23.8. The van der Waals surface area contributed by atoms with Gasteiger partial charge in [0, 0.05) is 19.3 Å². The molecule has 0 heterocycles. The highest BCUT2D eigenvalue weighted by Gasteiger charge is 2.19. The smallest absolute Gasteiger partial charge is 0.306 e. The lowest BCUT2D eigenvalue weighted by Gasteiger charge is -2.18. The number of ether oxygens (including phenoxy) is 3. The monoisotopic (exact) mass is 1070 g/mol. The lowest BCUT2D eigenvalue weighted by molar-refractivity contribution is -0.167. The van der Waals surface area contributed by atoms with Gasteiger partial charge in [-0.2, -0.15) is 0 Å². The number of unbranched alkanes of at least 4 members (excludes halogenated alkanes) is 52. The van der Waals surface area contributed by atoms with Gasteiger partial charge >= 0.3 is 17.9 Å². The Kier molecular flexibility index (Phi) is 64.1. The van der Waals surface area contributed by atoms with Gasteiger partial charge < -0.3 is 14.2 Å². The number of hydrogen-bond acceptors (Lipinski definition) is 6. The molecule has 0 bridgehead atoms. The fourth-order valence-corrected chi connectivity index (χ4v) is 10.8.